The summed E-state index contributed by atoms with van der Waals surface area (Å²) < 4.78 is 7.17. The summed E-state index contributed by atoms with van der Waals surface area (Å²) in [5.41, 5.74) is 0.820. The van der Waals surface area contributed by atoms with Crippen LogP contribution in [0.1, 0.15) is 5.82 Å². The van der Waals surface area contributed by atoms with Gasteiger partial charge in [0, 0.05) is 13.2 Å². The van der Waals surface area contributed by atoms with Crippen LogP contribution in [0.25, 0.3) is 11.0 Å². The topological polar surface area (TPSA) is 68.8 Å². The Morgan fingerprint density at radius 3 is 3.18 bits per heavy atom. The summed E-state index contributed by atoms with van der Waals surface area (Å²) in [7, 11) is 1.91. The first kappa shape index (κ1) is 9.83. The van der Waals surface area contributed by atoms with E-state index in [0.717, 1.165) is 22.6 Å². The fourth-order valence-electron chi connectivity index (χ4n) is 1.67. The van der Waals surface area contributed by atoms with Crippen molar-refractivity contribution in [2.75, 3.05) is 5.32 Å². The van der Waals surface area contributed by atoms with Crippen molar-refractivity contribution >= 4 is 16.8 Å². The molecule has 0 amide bonds. The number of hydrogen-bond acceptors (Lipinski definition) is 5. The van der Waals surface area contributed by atoms with Crippen LogP contribution in [0.5, 0.6) is 0 Å². The Hall–Kier alpha value is -2.37. The molecule has 86 valence electrons. The van der Waals surface area contributed by atoms with Crippen molar-refractivity contribution in [2.24, 2.45) is 7.05 Å². The lowest BCUT2D eigenvalue weighted by Gasteiger charge is -2.05. The van der Waals surface area contributed by atoms with E-state index in [-0.39, 0.29) is 0 Å². The van der Waals surface area contributed by atoms with E-state index in [1.807, 2.05) is 23.7 Å². The first-order chi connectivity index (χ1) is 8.34. The molecule has 0 bridgehead atoms. The molecule has 0 aliphatic rings. The summed E-state index contributed by atoms with van der Waals surface area (Å²) in [5.74, 6) is 1.64. The third-order valence-corrected chi connectivity index (χ3v) is 2.60. The van der Waals surface area contributed by atoms with Crippen LogP contribution in [0, 0.1) is 0 Å². The maximum Gasteiger partial charge on any atom is 0.151 e. The molecule has 0 spiro atoms. The van der Waals surface area contributed by atoms with Crippen LogP contribution in [0.15, 0.2) is 35.3 Å². The molecule has 3 heterocycles. The second-order valence-corrected chi connectivity index (χ2v) is 3.70. The largest absolute Gasteiger partial charge is 0.464 e. The van der Waals surface area contributed by atoms with E-state index in [0.29, 0.717) is 6.54 Å². The molecule has 0 fully saturated rings. The Balaban J connectivity index is 1.86. The Morgan fingerprint density at radius 1 is 1.41 bits per heavy atom. The Labute approximate surface area is 97.3 Å². The summed E-state index contributed by atoms with van der Waals surface area (Å²) in [6.45, 7) is 0.577. The molecule has 3 aromatic heterocycles. The summed E-state index contributed by atoms with van der Waals surface area (Å²) in [4.78, 5) is 4.28. The molecular weight excluding hydrogens is 218 g/mol. The predicted molar refractivity (Wildman–Crippen MR) is 62.3 cm³/mol. The number of anilines is 1. The van der Waals surface area contributed by atoms with Crippen molar-refractivity contribution in [2.45, 2.75) is 6.54 Å². The number of hydrogen-bond donors (Lipinski definition) is 1. The van der Waals surface area contributed by atoms with Gasteiger partial charge in [-0.25, -0.2) is 4.98 Å². The van der Waals surface area contributed by atoms with Crippen molar-refractivity contribution in [3.05, 3.63) is 36.7 Å². The molecule has 3 rings (SSSR count). The van der Waals surface area contributed by atoms with Gasteiger partial charge in [0.15, 0.2) is 5.82 Å². The molecule has 1 N–H and O–H groups in total. The SMILES string of the molecule is Cn1cnnc1CNc1nccc2occc12. The Kier molecular flexibility index (Phi) is 2.25. The maximum atomic E-state index is 5.31. The first-order valence-electron chi connectivity index (χ1n) is 5.23. The minimum absolute atomic E-state index is 0.577. The van der Waals surface area contributed by atoms with Crippen LogP contribution in [0.2, 0.25) is 0 Å². The zero-order chi connectivity index (χ0) is 11.7. The summed E-state index contributed by atoms with van der Waals surface area (Å²) >= 11 is 0. The molecule has 0 atom stereocenters. The average molecular weight is 229 g/mol. The number of fused-ring (bicyclic) bond motifs is 1. The van der Waals surface area contributed by atoms with Crippen LogP contribution in [-0.4, -0.2) is 19.7 Å². The van der Waals surface area contributed by atoms with Crippen molar-refractivity contribution in [1.29, 1.82) is 0 Å². The van der Waals surface area contributed by atoms with Crippen molar-refractivity contribution < 1.29 is 4.42 Å². The molecule has 3 aromatic rings. The molecule has 0 saturated heterocycles. The number of furan rings is 1. The quantitative estimate of drug-likeness (QED) is 0.738. The van der Waals surface area contributed by atoms with Gasteiger partial charge < -0.3 is 14.3 Å². The molecule has 6 heteroatoms. The molecule has 0 radical (unpaired) electrons. The van der Waals surface area contributed by atoms with Gasteiger partial charge in [0.05, 0.1) is 18.2 Å². The predicted octanol–water partition coefficient (Wildman–Crippen LogP) is 1.57. The Bertz CT molecular complexity index is 642. The van der Waals surface area contributed by atoms with Crippen molar-refractivity contribution in [3.63, 3.8) is 0 Å². The Morgan fingerprint density at radius 2 is 2.35 bits per heavy atom. The minimum atomic E-state index is 0.577. The van der Waals surface area contributed by atoms with Gasteiger partial charge in [-0.3, -0.25) is 0 Å². The van der Waals surface area contributed by atoms with Gasteiger partial charge >= 0.3 is 0 Å². The van der Waals surface area contributed by atoms with Gasteiger partial charge in [0.25, 0.3) is 0 Å². The van der Waals surface area contributed by atoms with Gasteiger partial charge in [0.1, 0.15) is 17.7 Å². The van der Waals surface area contributed by atoms with Gasteiger partial charge in [-0.2, -0.15) is 0 Å². The highest BCUT2D eigenvalue weighted by Crippen LogP contribution is 2.21. The van der Waals surface area contributed by atoms with Crippen LogP contribution in [0.3, 0.4) is 0 Å². The standard InChI is InChI=1S/C11H11N5O/c1-16-7-14-15-10(16)6-13-11-8-3-5-17-9(8)2-4-12-11/h2-5,7H,6H2,1H3,(H,12,13). The van der Waals surface area contributed by atoms with Crippen molar-refractivity contribution in [3.8, 4) is 0 Å². The van der Waals surface area contributed by atoms with Gasteiger partial charge in [-0.15, -0.1) is 10.2 Å². The number of pyridine rings is 1. The molecule has 0 aliphatic heterocycles. The van der Waals surface area contributed by atoms with E-state index in [1.54, 1.807) is 18.8 Å². The zero-order valence-corrected chi connectivity index (χ0v) is 9.29. The monoisotopic (exact) mass is 229 g/mol. The molecule has 0 aromatic carbocycles. The van der Waals surface area contributed by atoms with Gasteiger partial charge in [-0.05, 0) is 12.1 Å². The van der Waals surface area contributed by atoms with E-state index >= 15 is 0 Å². The first-order valence-corrected chi connectivity index (χ1v) is 5.23. The van der Waals surface area contributed by atoms with Crippen LogP contribution in [-0.2, 0) is 13.6 Å². The molecular formula is C11H11N5O. The van der Waals surface area contributed by atoms with Gasteiger partial charge in [0.2, 0.25) is 0 Å². The fourth-order valence-corrected chi connectivity index (χ4v) is 1.67. The molecule has 0 aliphatic carbocycles. The molecule has 0 saturated carbocycles. The molecule has 17 heavy (non-hydrogen) atoms. The lowest BCUT2D eigenvalue weighted by molar-refractivity contribution is 0.615. The third kappa shape index (κ3) is 1.73. The number of aryl methyl sites for hydroxylation is 1. The fraction of sp³-hybridized carbons (Fsp3) is 0.182. The average Bonchev–Trinajstić information content (AvgIpc) is 2.95. The highest BCUT2D eigenvalue weighted by atomic mass is 16.3. The lowest BCUT2D eigenvalue weighted by Crippen LogP contribution is -2.06. The van der Waals surface area contributed by atoms with E-state index in [1.165, 1.54) is 0 Å². The summed E-state index contributed by atoms with van der Waals surface area (Å²) in [6.07, 6.45) is 5.04. The third-order valence-electron chi connectivity index (χ3n) is 2.60. The van der Waals surface area contributed by atoms with E-state index in [4.69, 9.17) is 4.42 Å². The number of nitrogens with one attached hydrogen (secondary N) is 1. The smallest absolute Gasteiger partial charge is 0.151 e. The molecule has 0 unspecified atom stereocenters. The second kappa shape index (κ2) is 3.89. The zero-order valence-electron chi connectivity index (χ0n) is 9.29. The number of aromatic nitrogens is 4. The lowest BCUT2D eigenvalue weighted by atomic mass is 10.3. The van der Waals surface area contributed by atoms with E-state index in [9.17, 15) is 0 Å². The van der Waals surface area contributed by atoms with E-state index in [2.05, 4.69) is 20.5 Å². The van der Waals surface area contributed by atoms with Crippen molar-refractivity contribution in [1.82, 2.24) is 19.7 Å². The van der Waals surface area contributed by atoms with Crippen LogP contribution >= 0.6 is 0 Å². The van der Waals surface area contributed by atoms with Gasteiger partial charge in [-0.1, -0.05) is 0 Å². The normalized spacial score (nSPS) is 10.9. The number of nitrogens with zero attached hydrogens (tertiary/aromatic N) is 4. The minimum Gasteiger partial charge on any atom is -0.464 e. The number of rotatable bonds is 3. The van der Waals surface area contributed by atoms with E-state index < -0.39 is 0 Å². The second-order valence-electron chi connectivity index (χ2n) is 3.70. The van der Waals surface area contributed by atoms with Crippen LogP contribution < -0.4 is 5.32 Å². The summed E-state index contributed by atoms with van der Waals surface area (Å²) in [5, 5.41) is 12.0. The highest BCUT2D eigenvalue weighted by Gasteiger charge is 2.06. The highest BCUT2D eigenvalue weighted by molar-refractivity contribution is 5.87. The maximum absolute atomic E-state index is 5.31. The van der Waals surface area contributed by atoms with Crippen LogP contribution in [0.4, 0.5) is 5.82 Å². The summed E-state index contributed by atoms with van der Waals surface area (Å²) in [6, 6.07) is 3.73. The molecule has 6 nitrogen and oxygen atoms in total.